The zero-order valence-electron chi connectivity index (χ0n) is 11.6. The van der Waals surface area contributed by atoms with Crippen molar-refractivity contribution in [2.24, 2.45) is 11.1 Å². The molecule has 1 saturated carbocycles. The van der Waals surface area contributed by atoms with Crippen LogP contribution in [0.4, 0.5) is 0 Å². The van der Waals surface area contributed by atoms with Gasteiger partial charge in [-0.2, -0.15) is 0 Å². The first kappa shape index (κ1) is 13.3. The minimum absolute atomic E-state index is 0.0590. The molecule has 0 aliphatic heterocycles. The van der Waals surface area contributed by atoms with E-state index in [1.54, 1.807) is 0 Å². The van der Waals surface area contributed by atoms with Crippen molar-refractivity contribution in [1.29, 1.82) is 0 Å². The van der Waals surface area contributed by atoms with Gasteiger partial charge in [0, 0.05) is 5.56 Å². The van der Waals surface area contributed by atoms with Crippen LogP contribution in [0, 0.1) is 5.41 Å². The van der Waals surface area contributed by atoms with E-state index in [1.165, 1.54) is 24.8 Å². The lowest BCUT2D eigenvalue weighted by atomic mass is 9.78. The van der Waals surface area contributed by atoms with Gasteiger partial charge in [0.2, 0.25) is 0 Å². The van der Waals surface area contributed by atoms with Gasteiger partial charge >= 0.3 is 0 Å². The molecule has 0 saturated heterocycles. The maximum Gasteiger partial charge on any atom is 0.180 e. The Morgan fingerprint density at radius 1 is 1.33 bits per heavy atom. The molecule has 2 heteroatoms. The highest BCUT2D eigenvalue weighted by Gasteiger charge is 2.29. The van der Waals surface area contributed by atoms with E-state index in [-0.39, 0.29) is 11.2 Å². The molecule has 1 aromatic rings. The van der Waals surface area contributed by atoms with E-state index < -0.39 is 6.04 Å². The van der Waals surface area contributed by atoms with Gasteiger partial charge < -0.3 is 5.73 Å². The number of carbonyl (C=O) groups excluding carboxylic acids is 1. The molecular formula is C16H23NO. The van der Waals surface area contributed by atoms with Gasteiger partial charge in [0.15, 0.2) is 5.78 Å². The molecule has 2 N–H and O–H groups in total. The summed E-state index contributed by atoms with van der Waals surface area (Å²) < 4.78 is 0. The first-order valence-electron chi connectivity index (χ1n) is 6.79. The highest BCUT2D eigenvalue weighted by molar-refractivity contribution is 6.00. The zero-order chi connectivity index (χ0) is 13.3. The van der Waals surface area contributed by atoms with Crippen molar-refractivity contribution in [3.63, 3.8) is 0 Å². The number of hydrogen-bond acceptors (Lipinski definition) is 2. The molecule has 1 unspecified atom stereocenters. The molecule has 18 heavy (non-hydrogen) atoms. The lowest BCUT2D eigenvalue weighted by Gasteiger charge is -2.28. The summed E-state index contributed by atoms with van der Waals surface area (Å²) in [5, 5.41) is 0. The number of rotatable bonds is 3. The second-order valence-electron chi connectivity index (χ2n) is 6.46. The minimum Gasteiger partial charge on any atom is -0.321 e. The summed E-state index contributed by atoms with van der Waals surface area (Å²) in [6, 6.07) is 7.60. The van der Waals surface area contributed by atoms with Gasteiger partial charge in [-0.3, -0.25) is 4.79 Å². The van der Waals surface area contributed by atoms with Crippen molar-refractivity contribution in [1.82, 2.24) is 0 Å². The minimum atomic E-state index is -0.436. The number of ketones is 1. The summed E-state index contributed by atoms with van der Waals surface area (Å²) in [6.45, 7) is 6.02. The third kappa shape index (κ3) is 2.64. The Kier molecular flexibility index (Phi) is 3.58. The third-order valence-corrected chi connectivity index (χ3v) is 3.96. The maximum absolute atomic E-state index is 12.3. The Labute approximate surface area is 110 Å². The first-order valence-corrected chi connectivity index (χ1v) is 6.79. The fraction of sp³-hybridized carbons (Fsp3) is 0.562. The quantitative estimate of drug-likeness (QED) is 0.828. The molecule has 1 aliphatic carbocycles. The first-order chi connectivity index (χ1) is 8.39. The summed E-state index contributed by atoms with van der Waals surface area (Å²) in [5.41, 5.74) is 7.92. The molecular weight excluding hydrogens is 222 g/mol. The van der Waals surface area contributed by atoms with E-state index in [4.69, 9.17) is 5.73 Å². The van der Waals surface area contributed by atoms with Crippen LogP contribution in [0.1, 0.15) is 61.9 Å². The van der Waals surface area contributed by atoms with Gasteiger partial charge in [0.1, 0.15) is 0 Å². The van der Waals surface area contributed by atoms with E-state index >= 15 is 0 Å². The van der Waals surface area contributed by atoms with Gasteiger partial charge in [0.05, 0.1) is 6.04 Å². The van der Waals surface area contributed by atoms with E-state index in [9.17, 15) is 4.79 Å². The molecule has 1 aliphatic rings. The summed E-state index contributed by atoms with van der Waals surface area (Å²) >= 11 is 0. The van der Waals surface area contributed by atoms with Crippen LogP contribution >= 0.6 is 0 Å². The maximum atomic E-state index is 12.3. The second-order valence-corrected chi connectivity index (χ2v) is 6.46. The van der Waals surface area contributed by atoms with Crippen LogP contribution < -0.4 is 5.73 Å². The standard InChI is InChI=1S/C16H23NO/c1-16(2,3)15(17)14(18)13-9-5-8-12(10-13)11-6-4-7-11/h5,8-11,15H,4,6-7,17H2,1-3H3. The van der Waals surface area contributed by atoms with Crippen molar-refractivity contribution < 1.29 is 4.79 Å². The van der Waals surface area contributed by atoms with Crippen LogP contribution in [0.5, 0.6) is 0 Å². The monoisotopic (exact) mass is 245 g/mol. The van der Waals surface area contributed by atoms with Crippen LogP contribution in [0.15, 0.2) is 24.3 Å². The van der Waals surface area contributed by atoms with Crippen LogP contribution in [0.2, 0.25) is 0 Å². The smallest absolute Gasteiger partial charge is 0.180 e. The Bertz CT molecular complexity index is 441. The summed E-state index contributed by atoms with van der Waals surface area (Å²) in [6.07, 6.45) is 3.82. The predicted octanol–water partition coefficient (Wildman–Crippen LogP) is 3.51. The van der Waals surface area contributed by atoms with Gasteiger partial charge in [-0.1, -0.05) is 45.4 Å². The Hall–Kier alpha value is -1.15. The largest absolute Gasteiger partial charge is 0.321 e. The Balaban J connectivity index is 2.20. The van der Waals surface area contributed by atoms with Crippen LogP contribution in [-0.2, 0) is 0 Å². The molecule has 0 heterocycles. The molecule has 0 amide bonds. The van der Waals surface area contributed by atoms with Crippen molar-refractivity contribution >= 4 is 5.78 Å². The van der Waals surface area contributed by atoms with E-state index in [0.29, 0.717) is 5.92 Å². The van der Waals surface area contributed by atoms with E-state index in [2.05, 4.69) is 6.07 Å². The molecule has 0 radical (unpaired) electrons. The molecule has 0 spiro atoms. The molecule has 98 valence electrons. The summed E-state index contributed by atoms with van der Waals surface area (Å²) in [5.74, 6) is 0.715. The number of Topliss-reactive ketones (excluding diaryl/α,β-unsaturated/α-hetero) is 1. The molecule has 1 aromatic carbocycles. The normalized spacial score (nSPS) is 18.2. The third-order valence-electron chi connectivity index (χ3n) is 3.96. The van der Waals surface area contributed by atoms with Crippen LogP contribution in [0.25, 0.3) is 0 Å². The highest BCUT2D eigenvalue weighted by Crippen LogP contribution is 2.36. The SMILES string of the molecule is CC(C)(C)C(N)C(=O)c1cccc(C2CCC2)c1. The number of hydrogen-bond donors (Lipinski definition) is 1. The van der Waals surface area contributed by atoms with Gasteiger partial charge in [-0.05, 0) is 35.8 Å². The van der Waals surface area contributed by atoms with Crippen LogP contribution in [0.3, 0.4) is 0 Å². The Morgan fingerprint density at radius 2 is 2.00 bits per heavy atom. The van der Waals surface area contributed by atoms with Gasteiger partial charge in [0.25, 0.3) is 0 Å². The molecule has 1 atom stereocenters. The number of nitrogens with two attached hydrogens (primary N) is 1. The lowest BCUT2D eigenvalue weighted by Crippen LogP contribution is -2.42. The molecule has 0 bridgehead atoms. The van der Waals surface area contributed by atoms with Crippen molar-refractivity contribution in [3.8, 4) is 0 Å². The van der Waals surface area contributed by atoms with E-state index in [1.807, 2.05) is 39.0 Å². The van der Waals surface area contributed by atoms with E-state index in [0.717, 1.165) is 5.56 Å². The topological polar surface area (TPSA) is 43.1 Å². The van der Waals surface area contributed by atoms with Crippen molar-refractivity contribution in [3.05, 3.63) is 35.4 Å². The van der Waals surface area contributed by atoms with Crippen molar-refractivity contribution in [2.45, 2.75) is 52.0 Å². The molecule has 0 aromatic heterocycles. The van der Waals surface area contributed by atoms with Gasteiger partial charge in [-0.25, -0.2) is 0 Å². The van der Waals surface area contributed by atoms with Crippen LogP contribution in [-0.4, -0.2) is 11.8 Å². The number of carbonyl (C=O) groups is 1. The highest BCUT2D eigenvalue weighted by atomic mass is 16.1. The summed E-state index contributed by atoms with van der Waals surface area (Å²) in [7, 11) is 0. The molecule has 2 rings (SSSR count). The lowest BCUT2D eigenvalue weighted by molar-refractivity contribution is 0.0901. The number of benzene rings is 1. The molecule has 1 fully saturated rings. The van der Waals surface area contributed by atoms with Gasteiger partial charge in [-0.15, -0.1) is 0 Å². The Morgan fingerprint density at radius 3 is 2.50 bits per heavy atom. The average molecular weight is 245 g/mol. The fourth-order valence-corrected chi connectivity index (χ4v) is 2.26. The predicted molar refractivity (Wildman–Crippen MR) is 74.8 cm³/mol. The second kappa shape index (κ2) is 4.85. The summed E-state index contributed by atoms with van der Waals surface area (Å²) in [4.78, 5) is 12.3. The average Bonchev–Trinajstić information content (AvgIpc) is 2.24. The van der Waals surface area contributed by atoms with Crippen molar-refractivity contribution in [2.75, 3.05) is 0 Å². The zero-order valence-corrected chi connectivity index (χ0v) is 11.6. The fourth-order valence-electron chi connectivity index (χ4n) is 2.26. The molecule has 2 nitrogen and oxygen atoms in total.